The van der Waals surface area contributed by atoms with Crippen molar-refractivity contribution < 1.29 is 14.7 Å². The van der Waals surface area contributed by atoms with Crippen LogP contribution < -0.4 is 15.8 Å². The lowest BCUT2D eigenvalue weighted by atomic mass is 10.0. The molecule has 0 fully saturated rings. The number of carbonyl (C=O) groups excluding carboxylic acids is 1. The molecule has 1 aromatic rings. The lowest BCUT2D eigenvalue weighted by Crippen LogP contribution is -2.18. The van der Waals surface area contributed by atoms with Crippen LogP contribution in [0.3, 0.4) is 0 Å². The summed E-state index contributed by atoms with van der Waals surface area (Å²) in [5.74, 6) is 1.12. The minimum Gasteiger partial charge on any atom is -0.494 e. The highest BCUT2D eigenvalue weighted by Crippen LogP contribution is 2.26. The number of fused-ring (bicyclic) bond motifs is 1. The van der Waals surface area contributed by atoms with Gasteiger partial charge in [0.2, 0.25) is 5.91 Å². The number of carbonyl (C=O) groups is 1. The van der Waals surface area contributed by atoms with Crippen molar-refractivity contribution in [2.45, 2.75) is 32.1 Å². The van der Waals surface area contributed by atoms with Gasteiger partial charge in [0.15, 0.2) is 0 Å². The van der Waals surface area contributed by atoms with E-state index in [1.807, 2.05) is 18.2 Å². The van der Waals surface area contributed by atoms with Crippen LogP contribution in [0, 0.1) is 0 Å². The summed E-state index contributed by atoms with van der Waals surface area (Å²) in [4.78, 5) is 11.3. The van der Waals surface area contributed by atoms with Crippen molar-refractivity contribution >= 4 is 17.4 Å². The Morgan fingerprint density at radius 3 is 3.05 bits per heavy atom. The van der Waals surface area contributed by atoms with Gasteiger partial charge in [-0.05, 0) is 43.0 Å². The van der Waals surface area contributed by atoms with Gasteiger partial charge in [-0.25, -0.2) is 0 Å². The smallest absolute Gasteiger partial charge is 0.224 e. The quantitative estimate of drug-likeness (QED) is 0.243. The number of nitrogens with zero attached hydrogens (tertiary/aromatic N) is 1. The number of ether oxygens (including phenoxy) is 1. The third kappa shape index (κ3) is 3.88. The molecular weight excluding hydrogens is 258 g/mol. The van der Waals surface area contributed by atoms with E-state index in [1.165, 1.54) is 0 Å². The number of anilines is 1. The summed E-state index contributed by atoms with van der Waals surface area (Å²) in [5.41, 5.74) is 7.36. The molecule has 1 aliphatic rings. The Bertz CT molecular complexity index is 514. The second-order valence-electron chi connectivity index (χ2n) is 4.76. The molecule has 0 aliphatic carbocycles. The normalized spacial score (nSPS) is 14.6. The van der Waals surface area contributed by atoms with E-state index in [0.717, 1.165) is 36.3 Å². The molecule has 20 heavy (non-hydrogen) atoms. The van der Waals surface area contributed by atoms with Gasteiger partial charge in [0.1, 0.15) is 11.6 Å². The van der Waals surface area contributed by atoms with Crippen LogP contribution in [0.15, 0.2) is 23.4 Å². The number of benzene rings is 1. The predicted octanol–water partition coefficient (Wildman–Crippen LogP) is 1.87. The summed E-state index contributed by atoms with van der Waals surface area (Å²) in [6.45, 7) is 0.587. The first-order valence-electron chi connectivity index (χ1n) is 6.71. The van der Waals surface area contributed by atoms with E-state index in [1.54, 1.807) is 0 Å². The molecule has 0 spiro atoms. The van der Waals surface area contributed by atoms with Crippen LogP contribution in [0.1, 0.15) is 31.2 Å². The van der Waals surface area contributed by atoms with E-state index < -0.39 is 0 Å². The zero-order chi connectivity index (χ0) is 14.4. The molecule has 0 saturated heterocycles. The molecular formula is C14H19N3O3. The lowest BCUT2D eigenvalue weighted by Gasteiger charge is -2.17. The summed E-state index contributed by atoms with van der Waals surface area (Å²) in [6, 6.07) is 5.70. The van der Waals surface area contributed by atoms with E-state index in [2.05, 4.69) is 10.5 Å². The van der Waals surface area contributed by atoms with Gasteiger partial charge < -0.3 is 21.0 Å². The molecule has 4 N–H and O–H groups in total. The summed E-state index contributed by atoms with van der Waals surface area (Å²) in [6.07, 6.45) is 3.50. The molecule has 108 valence electrons. The number of hydrogen-bond donors (Lipinski definition) is 3. The van der Waals surface area contributed by atoms with Gasteiger partial charge in [0, 0.05) is 18.5 Å². The Labute approximate surface area is 117 Å². The van der Waals surface area contributed by atoms with Gasteiger partial charge in [-0.15, -0.1) is 0 Å². The van der Waals surface area contributed by atoms with Crippen LogP contribution in [0.2, 0.25) is 0 Å². The SMILES string of the molecule is NC(CCCCOc1ccc2c(c1)CCC(=O)N2)=NO. The van der Waals surface area contributed by atoms with Crippen molar-refractivity contribution in [2.75, 3.05) is 11.9 Å². The van der Waals surface area contributed by atoms with Crippen molar-refractivity contribution in [3.8, 4) is 5.75 Å². The third-order valence-corrected chi connectivity index (χ3v) is 3.20. The fourth-order valence-electron chi connectivity index (χ4n) is 2.10. The molecule has 1 heterocycles. The highest BCUT2D eigenvalue weighted by molar-refractivity contribution is 5.93. The summed E-state index contributed by atoms with van der Waals surface area (Å²) in [5, 5.41) is 14.2. The van der Waals surface area contributed by atoms with E-state index in [9.17, 15) is 4.79 Å². The molecule has 1 amide bonds. The van der Waals surface area contributed by atoms with E-state index >= 15 is 0 Å². The first-order chi connectivity index (χ1) is 9.69. The summed E-state index contributed by atoms with van der Waals surface area (Å²) >= 11 is 0. The number of nitrogens with two attached hydrogens (primary N) is 1. The average Bonchev–Trinajstić information content (AvgIpc) is 2.46. The second kappa shape index (κ2) is 6.79. The Morgan fingerprint density at radius 2 is 2.25 bits per heavy atom. The Hall–Kier alpha value is -2.24. The van der Waals surface area contributed by atoms with E-state index in [4.69, 9.17) is 15.7 Å². The van der Waals surface area contributed by atoms with Crippen LogP contribution in [-0.2, 0) is 11.2 Å². The Balaban J connectivity index is 1.78. The maximum absolute atomic E-state index is 11.3. The first kappa shape index (κ1) is 14.2. The van der Waals surface area contributed by atoms with Crippen molar-refractivity contribution in [1.29, 1.82) is 0 Å². The van der Waals surface area contributed by atoms with Gasteiger partial charge in [-0.2, -0.15) is 0 Å². The van der Waals surface area contributed by atoms with Crippen LogP contribution in [0.5, 0.6) is 5.75 Å². The fourth-order valence-corrected chi connectivity index (χ4v) is 2.10. The number of oxime groups is 1. The minimum atomic E-state index is 0.0642. The third-order valence-electron chi connectivity index (χ3n) is 3.20. The van der Waals surface area contributed by atoms with Gasteiger partial charge in [0.25, 0.3) is 0 Å². The highest BCUT2D eigenvalue weighted by atomic mass is 16.5. The molecule has 2 rings (SSSR count). The molecule has 0 aromatic heterocycles. The molecule has 6 heteroatoms. The van der Waals surface area contributed by atoms with Crippen LogP contribution in [0.4, 0.5) is 5.69 Å². The standard InChI is InChI=1S/C14H19N3O3/c15-13(17-19)3-1-2-8-20-11-5-6-12-10(9-11)4-7-14(18)16-12/h5-6,9,19H,1-4,7-8H2,(H2,15,17)(H,16,18). The molecule has 6 nitrogen and oxygen atoms in total. The average molecular weight is 277 g/mol. The topological polar surface area (TPSA) is 96.9 Å². The maximum atomic E-state index is 11.3. The highest BCUT2D eigenvalue weighted by Gasteiger charge is 2.14. The summed E-state index contributed by atoms with van der Waals surface area (Å²) in [7, 11) is 0. The maximum Gasteiger partial charge on any atom is 0.224 e. The molecule has 1 aromatic carbocycles. The molecule has 1 aliphatic heterocycles. The van der Waals surface area contributed by atoms with Gasteiger partial charge in [-0.1, -0.05) is 5.16 Å². The van der Waals surface area contributed by atoms with E-state index in [0.29, 0.717) is 19.4 Å². The number of unbranched alkanes of at least 4 members (excludes halogenated alkanes) is 1. The van der Waals surface area contributed by atoms with Crippen LogP contribution in [0.25, 0.3) is 0 Å². The zero-order valence-electron chi connectivity index (χ0n) is 11.3. The van der Waals surface area contributed by atoms with Gasteiger partial charge in [-0.3, -0.25) is 4.79 Å². The number of rotatable bonds is 6. The van der Waals surface area contributed by atoms with Crippen LogP contribution >= 0.6 is 0 Å². The van der Waals surface area contributed by atoms with Gasteiger partial charge >= 0.3 is 0 Å². The number of hydrogen-bond acceptors (Lipinski definition) is 4. The Kier molecular flexibility index (Phi) is 4.81. The first-order valence-corrected chi connectivity index (χ1v) is 6.71. The van der Waals surface area contributed by atoms with Gasteiger partial charge in [0.05, 0.1) is 6.61 Å². The number of nitrogens with one attached hydrogen (secondary N) is 1. The molecule has 0 unspecified atom stereocenters. The molecule has 0 radical (unpaired) electrons. The Morgan fingerprint density at radius 1 is 1.40 bits per heavy atom. The van der Waals surface area contributed by atoms with Crippen molar-refractivity contribution in [3.63, 3.8) is 0 Å². The van der Waals surface area contributed by atoms with Crippen molar-refractivity contribution in [3.05, 3.63) is 23.8 Å². The van der Waals surface area contributed by atoms with Crippen molar-refractivity contribution in [2.24, 2.45) is 10.9 Å². The largest absolute Gasteiger partial charge is 0.494 e. The van der Waals surface area contributed by atoms with E-state index in [-0.39, 0.29) is 11.7 Å². The number of amidine groups is 1. The fraction of sp³-hybridized carbons (Fsp3) is 0.429. The predicted molar refractivity (Wildman–Crippen MR) is 76.1 cm³/mol. The summed E-state index contributed by atoms with van der Waals surface area (Å²) < 4.78 is 5.66. The number of aryl methyl sites for hydroxylation is 1. The zero-order valence-corrected chi connectivity index (χ0v) is 11.3. The van der Waals surface area contributed by atoms with Crippen LogP contribution in [-0.4, -0.2) is 23.6 Å². The minimum absolute atomic E-state index is 0.0642. The number of amides is 1. The lowest BCUT2D eigenvalue weighted by molar-refractivity contribution is -0.116. The molecule has 0 atom stereocenters. The molecule has 0 saturated carbocycles. The van der Waals surface area contributed by atoms with Crippen molar-refractivity contribution in [1.82, 2.24) is 0 Å². The second-order valence-corrected chi connectivity index (χ2v) is 4.76. The monoisotopic (exact) mass is 277 g/mol. The molecule has 0 bridgehead atoms.